The van der Waals surface area contributed by atoms with E-state index in [0.717, 1.165) is 12.8 Å². The highest BCUT2D eigenvalue weighted by atomic mass is 32.2. The summed E-state index contributed by atoms with van der Waals surface area (Å²) in [4.78, 5) is 11.5. The molecule has 0 aliphatic carbocycles. The van der Waals surface area contributed by atoms with Crippen molar-refractivity contribution in [1.82, 2.24) is 5.32 Å². The van der Waals surface area contributed by atoms with E-state index >= 15 is 0 Å². The average molecular weight is 233 g/mol. The molecule has 0 radical (unpaired) electrons. The zero-order valence-electron chi connectivity index (χ0n) is 9.28. The number of rotatable bonds is 5. The Kier molecular flexibility index (Phi) is 4.89. The van der Waals surface area contributed by atoms with E-state index < -0.39 is 5.60 Å². The largest absolute Gasteiger partial charge is 0.387 e. The maximum Gasteiger partial charge on any atom is 0.249 e. The monoisotopic (exact) mass is 233 g/mol. The van der Waals surface area contributed by atoms with Crippen LogP contribution in [-0.2, 0) is 9.53 Å². The van der Waals surface area contributed by atoms with Gasteiger partial charge in [-0.25, -0.2) is 0 Å². The number of hydrogen-bond donors (Lipinski definition) is 2. The minimum Gasteiger partial charge on any atom is -0.387 e. The fraction of sp³-hybridized carbons (Fsp3) is 0.900. The van der Waals surface area contributed by atoms with Crippen molar-refractivity contribution in [3.63, 3.8) is 0 Å². The second-order valence-corrected chi connectivity index (χ2v) is 5.02. The number of thioether (sulfide) groups is 1. The molecule has 1 heterocycles. The summed E-state index contributed by atoms with van der Waals surface area (Å²) in [5.41, 5.74) is -0.840. The van der Waals surface area contributed by atoms with E-state index in [1.165, 1.54) is 0 Å². The van der Waals surface area contributed by atoms with Gasteiger partial charge in [-0.15, -0.1) is 0 Å². The van der Waals surface area contributed by atoms with E-state index in [9.17, 15) is 9.90 Å². The third-order valence-electron chi connectivity index (χ3n) is 2.32. The number of hydrogen-bond acceptors (Lipinski definition) is 4. The molecular formula is C10H19NO3S. The molecule has 0 aromatic carbocycles. The Hall–Kier alpha value is -0.260. The Morgan fingerprint density at radius 2 is 2.47 bits per heavy atom. The minimum absolute atomic E-state index is 0.103. The average Bonchev–Trinajstić information content (AvgIpc) is 2.67. The molecule has 1 fully saturated rings. The van der Waals surface area contributed by atoms with E-state index in [0.29, 0.717) is 12.4 Å². The zero-order chi connectivity index (χ0) is 11.3. The van der Waals surface area contributed by atoms with Gasteiger partial charge < -0.3 is 15.2 Å². The third kappa shape index (κ3) is 4.40. The lowest BCUT2D eigenvalue weighted by Crippen LogP contribution is -2.45. The van der Waals surface area contributed by atoms with Crippen LogP contribution in [0.5, 0.6) is 0 Å². The summed E-state index contributed by atoms with van der Waals surface area (Å²) in [5, 5.41) is 12.6. The van der Waals surface area contributed by atoms with Gasteiger partial charge in [0.25, 0.3) is 0 Å². The molecule has 15 heavy (non-hydrogen) atoms. The summed E-state index contributed by atoms with van der Waals surface area (Å²) in [6.07, 6.45) is 3.35. The molecule has 1 amide bonds. The molecule has 2 atom stereocenters. The maximum absolute atomic E-state index is 11.5. The van der Waals surface area contributed by atoms with E-state index in [1.54, 1.807) is 18.7 Å². The molecule has 88 valence electrons. The van der Waals surface area contributed by atoms with Crippen LogP contribution in [0.15, 0.2) is 0 Å². The SMILES string of the molecule is CSCC(C)(O)CNC(=O)[C@H]1CCCO1. The van der Waals surface area contributed by atoms with Crippen molar-refractivity contribution in [2.24, 2.45) is 0 Å². The smallest absolute Gasteiger partial charge is 0.249 e. The quantitative estimate of drug-likeness (QED) is 0.721. The van der Waals surface area contributed by atoms with Crippen LogP contribution >= 0.6 is 11.8 Å². The van der Waals surface area contributed by atoms with Crippen LogP contribution in [0.4, 0.5) is 0 Å². The summed E-state index contributed by atoms with van der Waals surface area (Å²) in [6.45, 7) is 2.67. The molecule has 0 bridgehead atoms. The number of amides is 1. The van der Waals surface area contributed by atoms with Crippen LogP contribution in [0, 0.1) is 0 Å². The van der Waals surface area contributed by atoms with Crippen molar-refractivity contribution in [1.29, 1.82) is 0 Å². The Morgan fingerprint density at radius 1 is 1.73 bits per heavy atom. The highest BCUT2D eigenvalue weighted by molar-refractivity contribution is 7.98. The van der Waals surface area contributed by atoms with Crippen LogP contribution in [0.25, 0.3) is 0 Å². The molecule has 4 nitrogen and oxygen atoms in total. The summed E-state index contributed by atoms with van der Waals surface area (Å²) in [7, 11) is 0. The lowest BCUT2D eigenvalue weighted by atomic mass is 10.1. The van der Waals surface area contributed by atoms with E-state index in [1.807, 2.05) is 6.26 Å². The second kappa shape index (κ2) is 5.72. The summed E-state index contributed by atoms with van der Waals surface area (Å²) in [5.74, 6) is 0.507. The molecule has 1 unspecified atom stereocenters. The van der Waals surface area contributed by atoms with Crippen LogP contribution < -0.4 is 5.32 Å². The van der Waals surface area contributed by atoms with Gasteiger partial charge in [-0.05, 0) is 26.0 Å². The first-order valence-electron chi connectivity index (χ1n) is 5.16. The fourth-order valence-electron chi connectivity index (χ4n) is 1.54. The molecule has 1 aliphatic heterocycles. The van der Waals surface area contributed by atoms with Gasteiger partial charge in [-0.3, -0.25) is 4.79 Å². The molecule has 0 saturated carbocycles. The molecule has 1 aliphatic rings. The van der Waals surface area contributed by atoms with Gasteiger partial charge in [-0.2, -0.15) is 11.8 Å². The van der Waals surface area contributed by atoms with Gasteiger partial charge in [0.1, 0.15) is 6.10 Å². The normalized spacial score (nSPS) is 24.9. The maximum atomic E-state index is 11.5. The summed E-state index contributed by atoms with van der Waals surface area (Å²) < 4.78 is 5.24. The molecule has 0 spiro atoms. The van der Waals surface area contributed by atoms with Gasteiger partial charge in [0.2, 0.25) is 5.91 Å². The van der Waals surface area contributed by atoms with E-state index in [2.05, 4.69) is 5.32 Å². The topological polar surface area (TPSA) is 58.6 Å². The Balaban J connectivity index is 2.26. The number of aliphatic hydroxyl groups is 1. The standard InChI is InChI=1S/C10H19NO3S/c1-10(13,7-15-2)6-11-9(12)8-4-3-5-14-8/h8,13H,3-7H2,1-2H3,(H,11,12)/t8-,10?/m1/s1. The lowest BCUT2D eigenvalue weighted by Gasteiger charge is -2.23. The van der Waals surface area contributed by atoms with Gasteiger partial charge in [0, 0.05) is 18.9 Å². The van der Waals surface area contributed by atoms with E-state index in [4.69, 9.17) is 4.74 Å². The Bertz CT molecular complexity index is 215. The minimum atomic E-state index is -0.840. The zero-order valence-corrected chi connectivity index (χ0v) is 10.1. The van der Waals surface area contributed by atoms with Crippen molar-refractivity contribution >= 4 is 17.7 Å². The number of carbonyl (C=O) groups is 1. The van der Waals surface area contributed by atoms with Crippen LogP contribution in [0.3, 0.4) is 0 Å². The predicted molar refractivity (Wildman–Crippen MR) is 61.0 cm³/mol. The predicted octanol–water partition coefficient (Wildman–Crippen LogP) is 0.396. The highest BCUT2D eigenvalue weighted by Crippen LogP contribution is 2.13. The van der Waals surface area contributed by atoms with Crippen molar-refractivity contribution in [3.05, 3.63) is 0 Å². The van der Waals surface area contributed by atoms with Crippen molar-refractivity contribution in [3.8, 4) is 0 Å². The van der Waals surface area contributed by atoms with Gasteiger partial charge in [0.15, 0.2) is 0 Å². The molecule has 0 aromatic heterocycles. The first-order chi connectivity index (χ1) is 7.05. The summed E-state index contributed by atoms with van der Waals surface area (Å²) >= 11 is 1.56. The first-order valence-corrected chi connectivity index (χ1v) is 6.55. The molecule has 5 heteroatoms. The van der Waals surface area contributed by atoms with Crippen LogP contribution in [-0.4, -0.2) is 47.9 Å². The van der Waals surface area contributed by atoms with Gasteiger partial charge in [-0.1, -0.05) is 0 Å². The van der Waals surface area contributed by atoms with Crippen molar-refractivity contribution in [2.45, 2.75) is 31.5 Å². The van der Waals surface area contributed by atoms with Crippen LogP contribution in [0.1, 0.15) is 19.8 Å². The first kappa shape index (κ1) is 12.8. The fourth-order valence-corrected chi connectivity index (χ4v) is 2.26. The lowest BCUT2D eigenvalue weighted by molar-refractivity contribution is -0.131. The Morgan fingerprint density at radius 3 is 3.00 bits per heavy atom. The van der Waals surface area contributed by atoms with Crippen LogP contribution in [0.2, 0.25) is 0 Å². The highest BCUT2D eigenvalue weighted by Gasteiger charge is 2.26. The summed E-state index contributed by atoms with van der Waals surface area (Å²) in [6, 6.07) is 0. The molecular weight excluding hydrogens is 214 g/mol. The Labute approximate surface area is 94.8 Å². The molecule has 2 N–H and O–H groups in total. The molecule has 0 aromatic rings. The molecule has 1 saturated heterocycles. The van der Waals surface area contributed by atoms with Crippen molar-refractivity contribution in [2.75, 3.05) is 25.2 Å². The number of nitrogens with one attached hydrogen (secondary N) is 1. The van der Waals surface area contributed by atoms with Crippen molar-refractivity contribution < 1.29 is 14.6 Å². The van der Waals surface area contributed by atoms with Gasteiger partial charge >= 0.3 is 0 Å². The third-order valence-corrected chi connectivity index (χ3v) is 3.23. The molecule has 1 rings (SSSR count). The number of ether oxygens (including phenoxy) is 1. The second-order valence-electron chi connectivity index (χ2n) is 4.15. The van der Waals surface area contributed by atoms with E-state index in [-0.39, 0.29) is 18.6 Å². The number of carbonyl (C=O) groups excluding carboxylic acids is 1. The van der Waals surface area contributed by atoms with Gasteiger partial charge in [0.05, 0.1) is 5.60 Å².